The first-order chi connectivity index (χ1) is 12.3. The van der Waals surface area contributed by atoms with Gasteiger partial charge in [-0.05, 0) is 24.7 Å². The van der Waals surface area contributed by atoms with Crippen molar-refractivity contribution in [1.82, 2.24) is 9.47 Å². The smallest absolute Gasteiger partial charge is 0.154 e. The van der Waals surface area contributed by atoms with Gasteiger partial charge < -0.3 is 9.80 Å². The van der Waals surface area contributed by atoms with Crippen LogP contribution < -0.4 is 4.90 Å². The van der Waals surface area contributed by atoms with E-state index < -0.39 is 0 Å². The lowest BCUT2D eigenvalue weighted by Gasteiger charge is -2.36. The zero-order valence-corrected chi connectivity index (χ0v) is 14.6. The Morgan fingerprint density at radius 1 is 0.920 bits per heavy atom. The molecule has 4 heteroatoms. The number of piperazine rings is 1. The molecule has 0 atom stereocenters. The van der Waals surface area contributed by atoms with Crippen molar-refractivity contribution in [1.29, 1.82) is 0 Å². The van der Waals surface area contributed by atoms with E-state index in [1.54, 1.807) is 0 Å². The van der Waals surface area contributed by atoms with Crippen LogP contribution in [0.2, 0.25) is 0 Å². The molecule has 3 aromatic rings. The summed E-state index contributed by atoms with van der Waals surface area (Å²) >= 11 is 0. The van der Waals surface area contributed by atoms with Crippen LogP contribution in [0.4, 0.5) is 5.82 Å². The van der Waals surface area contributed by atoms with E-state index >= 15 is 0 Å². The summed E-state index contributed by atoms with van der Waals surface area (Å²) in [6.45, 7) is 7.23. The van der Waals surface area contributed by atoms with Gasteiger partial charge in [-0.3, -0.25) is 9.36 Å². The summed E-state index contributed by atoms with van der Waals surface area (Å²) in [5.41, 5.74) is 2.98. The van der Waals surface area contributed by atoms with Gasteiger partial charge in [-0.25, -0.2) is 0 Å². The van der Waals surface area contributed by atoms with Crippen LogP contribution in [0.15, 0.2) is 54.6 Å². The average Bonchev–Trinajstić information content (AvgIpc) is 3.03. The molecule has 4 rings (SSSR count). The standard InChI is InChI=1S/C21H23N3O/c1-2-22-12-14-23(15-13-22)21-19(16-25)18-10-6-7-11-20(18)24(21)17-8-4-3-5-9-17/h3-11,16H,2,12-15H2,1H3. The van der Waals surface area contributed by atoms with Crippen molar-refractivity contribution in [3.05, 3.63) is 60.2 Å². The van der Waals surface area contributed by atoms with Crippen LogP contribution in [0.1, 0.15) is 17.3 Å². The van der Waals surface area contributed by atoms with Crippen LogP contribution in [0.25, 0.3) is 16.6 Å². The van der Waals surface area contributed by atoms with Crippen LogP contribution in [-0.2, 0) is 0 Å². The van der Waals surface area contributed by atoms with Gasteiger partial charge in [0.2, 0.25) is 0 Å². The van der Waals surface area contributed by atoms with Crippen molar-refractivity contribution in [2.24, 2.45) is 0 Å². The first kappa shape index (κ1) is 15.9. The molecule has 1 aliphatic rings. The highest BCUT2D eigenvalue weighted by atomic mass is 16.1. The minimum absolute atomic E-state index is 0.796. The topological polar surface area (TPSA) is 28.5 Å². The minimum atomic E-state index is 0.796. The molecule has 1 aromatic heterocycles. The molecule has 128 valence electrons. The number of aldehydes is 1. The second-order valence-electron chi connectivity index (χ2n) is 6.46. The molecule has 2 heterocycles. The lowest BCUT2D eigenvalue weighted by molar-refractivity contribution is 0.112. The van der Waals surface area contributed by atoms with Crippen molar-refractivity contribution in [2.75, 3.05) is 37.6 Å². The van der Waals surface area contributed by atoms with E-state index in [0.29, 0.717) is 0 Å². The number of para-hydroxylation sites is 2. The number of hydrogen-bond donors (Lipinski definition) is 0. The maximum absolute atomic E-state index is 12.0. The highest BCUT2D eigenvalue weighted by Gasteiger charge is 2.25. The summed E-state index contributed by atoms with van der Waals surface area (Å²) in [4.78, 5) is 16.8. The fraction of sp³-hybridized carbons (Fsp3) is 0.286. The summed E-state index contributed by atoms with van der Waals surface area (Å²) < 4.78 is 2.24. The highest BCUT2D eigenvalue weighted by Crippen LogP contribution is 2.35. The Morgan fingerprint density at radius 2 is 1.60 bits per heavy atom. The Morgan fingerprint density at radius 3 is 2.28 bits per heavy atom. The molecule has 0 N–H and O–H groups in total. The number of anilines is 1. The van der Waals surface area contributed by atoms with Gasteiger partial charge in [-0.15, -0.1) is 0 Å². The molecular weight excluding hydrogens is 310 g/mol. The minimum Gasteiger partial charge on any atom is -0.355 e. The van der Waals surface area contributed by atoms with Crippen molar-refractivity contribution in [3.63, 3.8) is 0 Å². The molecule has 0 saturated carbocycles. The third-order valence-electron chi connectivity index (χ3n) is 5.14. The van der Waals surface area contributed by atoms with E-state index in [4.69, 9.17) is 0 Å². The fourth-order valence-corrected chi connectivity index (χ4v) is 3.79. The number of benzene rings is 2. The number of likely N-dealkylation sites (N-methyl/N-ethyl adjacent to an activating group) is 1. The summed E-state index contributed by atoms with van der Waals surface area (Å²) in [7, 11) is 0. The Hall–Kier alpha value is -2.59. The molecule has 0 radical (unpaired) electrons. The Balaban J connectivity index is 1.91. The second kappa shape index (κ2) is 6.73. The largest absolute Gasteiger partial charge is 0.355 e. The molecule has 1 saturated heterocycles. The average molecular weight is 333 g/mol. The van der Waals surface area contributed by atoms with Crippen molar-refractivity contribution in [2.45, 2.75) is 6.92 Å². The first-order valence-electron chi connectivity index (χ1n) is 8.95. The molecule has 1 aliphatic heterocycles. The third-order valence-corrected chi connectivity index (χ3v) is 5.14. The zero-order chi connectivity index (χ0) is 17.2. The maximum atomic E-state index is 12.0. The zero-order valence-electron chi connectivity index (χ0n) is 14.6. The molecule has 0 aliphatic carbocycles. The van der Waals surface area contributed by atoms with Crippen LogP contribution in [0.5, 0.6) is 0 Å². The van der Waals surface area contributed by atoms with Crippen LogP contribution in [0, 0.1) is 0 Å². The van der Waals surface area contributed by atoms with Gasteiger partial charge in [-0.2, -0.15) is 0 Å². The lowest BCUT2D eigenvalue weighted by Crippen LogP contribution is -2.47. The number of nitrogens with zero attached hydrogens (tertiary/aromatic N) is 3. The predicted molar refractivity (Wildman–Crippen MR) is 103 cm³/mol. The summed E-state index contributed by atoms with van der Waals surface area (Å²) in [5.74, 6) is 1.03. The summed E-state index contributed by atoms with van der Waals surface area (Å²) in [6.07, 6.45) is 1.02. The number of carbonyl (C=O) groups is 1. The SMILES string of the molecule is CCN1CCN(c2c(C=O)c3ccccc3n2-c2ccccc2)CC1. The fourth-order valence-electron chi connectivity index (χ4n) is 3.79. The van der Waals surface area contributed by atoms with Crippen LogP contribution in [0.3, 0.4) is 0 Å². The van der Waals surface area contributed by atoms with E-state index in [-0.39, 0.29) is 0 Å². The molecule has 4 nitrogen and oxygen atoms in total. The van der Waals surface area contributed by atoms with E-state index in [9.17, 15) is 4.79 Å². The first-order valence-corrected chi connectivity index (χ1v) is 8.95. The second-order valence-corrected chi connectivity index (χ2v) is 6.46. The third kappa shape index (κ3) is 2.72. The molecular formula is C21H23N3O. The van der Waals surface area contributed by atoms with Crippen molar-refractivity contribution < 1.29 is 4.79 Å². The Labute approximate surface area is 148 Å². The van der Waals surface area contributed by atoms with Gasteiger partial charge >= 0.3 is 0 Å². The van der Waals surface area contributed by atoms with Gasteiger partial charge in [-0.1, -0.05) is 43.3 Å². The number of hydrogen-bond acceptors (Lipinski definition) is 3. The van der Waals surface area contributed by atoms with E-state index in [1.807, 2.05) is 36.4 Å². The normalized spacial score (nSPS) is 15.6. The molecule has 2 aromatic carbocycles. The molecule has 0 bridgehead atoms. The van der Waals surface area contributed by atoms with Gasteiger partial charge in [0.25, 0.3) is 0 Å². The molecule has 0 spiro atoms. The van der Waals surface area contributed by atoms with Crippen molar-refractivity contribution in [3.8, 4) is 5.69 Å². The Kier molecular flexibility index (Phi) is 4.28. The van der Waals surface area contributed by atoms with Crippen LogP contribution in [-0.4, -0.2) is 48.5 Å². The highest BCUT2D eigenvalue weighted by molar-refractivity contribution is 6.05. The van der Waals surface area contributed by atoms with Gasteiger partial charge in [0.1, 0.15) is 5.82 Å². The molecule has 0 amide bonds. The van der Waals surface area contributed by atoms with E-state index in [2.05, 4.69) is 39.5 Å². The monoisotopic (exact) mass is 333 g/mol. The van der Waals surface area contributed by atoms with E-state index in [1.165, 1.54) is 0 Å². The number of carbonyl (C=O) groups excluding carboxylic acids is 1. The Bertz CT molecular complexity index is 877. The lowest BCUT2D eigenvalue weighted by atomic mass is 10.1. The molecule has 25 heavy (non-hydrogen) atoms. The predicted octanol–water partition coefficient (Wildman–Crippen LogP) is 3.58. The maximum Gasteiger partial charge on any atom is 0.154 e. The van der Waals surface area contributed by atoms with Gasteiger partial charge in [0, 0.05) is 37.3 Å². The van der Waals surface area contributed by atoms with Crippen molar-refractivity contribution >= 4 is 23.0 Å². The quantitative estimate of drug-likeness (QED) is 0.683. The molecule has 0 unspecified atom stereocenters. The number of rotatable bonds is 4. The number of aromatic nitrogens is 1. The molecule has 1 fully saturated rings. The van der Waals surface area contributed by atoms with Gasteiger partial charge in [0.05, 0.1) is 11.1 Å². The summed E-state index contributed by atoms with van der Waals surface area (Å²) in [5, 5.41) is 1.02. The van der Waals surface area contributed by atoms with Crippen LogP contribution >= 0.6 is 0 Å². The van der Waals surface area contributed by atoms with Gasteiger partial charge in [0.15, 0.2) is 6.29 Å². The van der Waals surface area contributed by atoms with E-state index in [0.717, 1.165) is 67.0 Å². The summed E-state index contributed by atoms with van der Waals surface area (Å²) in [6, 6.07) is 18.5. The number of fused-ring (bicyclic) bond motifs is 1.